The molecule has 2 N–H and O–H groups in total. The van der Waals surface area contributed by atoms with Crippen LogP contribution in [0.25, 0.3) is 0 Å². The maximum Gasteiger partial charge on any atom is 0.415 e. The van der Waals surface area contributed by atoms with Crippen LogP contribution in [0.2, 0.25) is 0 Å². The first kappa shape index (κ1) is 10.8. The Morgan fingerprint density at radius 3 is 2.38 bits per heavy atom. The van der Waals surface area contributed by atoms with Crippen LogP contribution in [-0.2, 0) is 4.74 Å². The lowest BCUT2D eigenvalue weighted by molar-refractivity contribution is -0.217. The Balaban J connectivity index is 2.14. The Bertz CT molecular complexity index is 156. The summed E-state index contributed by atoms with van der Waals surface area (Å²) in [5, 5.41) is 0. The number of ether oxygens (including phenoxy) is 1. The molecule has 0 saturated heterocycles. The second-order valence-electron chi connectivity index (χ2n) is 3.37. The fourth-order valence-corrected chi connectivity index (χ4v) is 1.08. The van der Waals surface area contributed by atoms with E-state index in [4.69, 9.17) is 5.73 Å². The van der Waals surface area contributed by atoms with Crippen molar-refractivity contribution in [1.29, 1.82) is 0 Å². The molecule has 13 heavy (non-hydrogen) atoms. The van der Waals surface area contributed by atoms with Gasteiger partial charge in [0.2, 0.25) is 0 Å². The molecule has 1 saturated carbocycles. The van der Waals surface area contributed by atoms with Crippen molar-refractivity contribution >= 4 is 0 Å². The largest absolute Gasteiger partial charge is 0.415 e. The van der Waals surface area contributed by atoms with Crippen LogP contribution in [0.5, 0.6) is 0 Å². The summed E-state index contributed by atoms with van der Waals surface area (Å²) in [6.45, 7) is -0.319. The van der Waals surface area contributed by atoms with Crippen molar-refractivity contribution in [3.8, 4) is 0 Å². The number of alkyl halides is 3. The Hall–Kier alpha value is -0.290. The highest BCUT2D eigenvalue weighted by molar-refractivity contribution is 4.74. The molecular weight excluding hydrogens is 183 g/mol. The van der Waals surface area contributed by atoms with Crippen LogP contribution in [0.1, 0.15) is 19.3 Å². The minimum Gasteiger partial charge on any atom is -0.367 e. The predicted molar refractivity (Wildman–Crippen MR) is 42.2 cm³/mol. The summed E-state index contributed by atoms with van der Waals surface area (Å²) in [6.07, 6.45) is -3.12. The van der Waals surface area contributed by atoms with Crippen molar-refractivity contribution in [2.24, 2.45) is 11.7 Å². The number of halogens is 3. The molecule has 1 rings (SSSR count). The zero-order chi connectivity index (χ0) is 9.90. The molecular formula is C8H14F3NO. The first-order valence-corrected chi connectivity index (χ1v) is 4.42. The molecule has 0 radical (unpaired) electrons. The Morgan fingerprint density at radius 1 is 1.38 bits per heavy atom. The van der Waals surface area contributed by atoms with Gasteiger partial charge in [-0.3, -0.25) is 0 Å². The highest BCUT2D eigenvalue weighted by Crippen LogP contribution is 2.32. The van der Waals surface area contributed by atoms with E-state index in [0.29, 0.717) is 5.92 Å². The van der Waals surface area contributed by atoms with Crippen molar-refractivity contribution < 1.29 is 17.9 Å². The van der Waals surface area contributed by atoms with E-state index in [0.717, 1.165) is 19.3 Å². The van der Waals surface area contributed by atoms with E-state index < -0.39 is 18.8 Å². The summed E-state index contributed by atoms with van der Waals surface area (Å²) in [5.41, 5.74) is 4.95. The summed E-state index contributed by atoms with van der Waals surface area (Å²) >= 11 is 0. The van der Waals surface area contributed by atoms with Gasteiger partial charge in [0.15, 0.2) is 6.10 Å². The molecule has 0 spiro atoms. The normalized spacial score (nSPS) is 20.3. The molecule has 0 amide bonds. The van der Waals surface area contributed by atoms with Gasteiger partial charge in [-0.05, 0) is 12.3 Å². The van der Waals surface area contributed by atoms with Crippen LogP contribution >= 0.6 is 0 Å². The van der Waals surface area contributed by atoms with Crippen molar-refractivity contribution in [2.75, 3.05) is 13.2 Å². The lowest BCUT2D eigenvalue weighted by Gasteiger charge is -2.18. The molecule has 0 aliphatic heterocycles. The maximum absolute atomic E-state index is 12.1. The summed E-state index contributed by atoms with van der Waals surface area (Å²) in [6, 6.07) is 0. The first-order valence-electron chi connectivity index (χ1n) is 4.42. The van der Waals surface area contributed by atoms with Gasteiger partial charge in [-0.2, -0.15) is 13.2 Å². The first-order chi connectivity index (χ1) is 6.04. The zero-order valence-corrected chi connectivity index (χ0v) is 7.31. The van der Waals surface area contributed by atoms with Gasteiger partial charge < -0.3 is 10.5 Å². The molecule has 0 bridgehead atoms. The maximum atomic E-state index is 12.1. The molecule has 0 heterocycles. The minimum absolute atomic E-state index is 0.173. The van der Waals surface area contributed by atoms with Crippen LogP contribution in [-0.4, -0.2) is 25.4 Å². The van der Waals surface area contributed by atoms with Crippen LogP contribution in [0, 0.1) is 5.92 Å². The van der Waals surface area contributed by atoms with E-state index in [-0.39, 0.29) is 6.61 Å². The molecule has 78 valence electrons. The molecule has 2 nitrogen and oxygen atoms in total. The average molecular weight is 197 g/mol. The van der Waals surface area contributed by atoms with Crippen LogP contribution in [0.4, 0.5) is 13.2 Å². The topological polar surface area (TPSA) is 35.2 Å². The smallest absolute Gasteiger partial charge is 0.367 e. The fourth-order valence-electron chi connectivity index (χ4n) is 1.08. The Labute approximate surface area is 75.2 Å². The molecule has 1 unspecified atom stereocenters. The van der Waals surface area contributed by atoms with Crippen molar-refractivity contribution in [3.05, 3.63) is 0 Å². The van der Waals surface area contributed by atoms with Crippen molar-refractivity contribution in [1.82, 2.24) is 0 Å². The van der Waals surface area contributed by atoms with E-state index in [1.165, 1.54) is 0 Å². The lowest BCUT2D eigenvalue weighted by Crippen LogP contribution is -2.38. The van der Waals surface area contributed by atoms with E-state index >= 15 is 0 Å². The predicted octanol–water partition coefficient (Wildman–Crippen LogP) is 1.69. The number of rotatable bonds is 5. The summed E-state index contributed by atoms with van der Waals surface area (Å²) in [4.78, 5) is 0. The summed E-state index contributed by atoms with van der Waals surface area (Å²) in [7, 11) is 0. The zero-order valence-electron chi connectivity index (χ0n) is 7.31. The number of nitrogens with two attached hydrogens (primary N) is 1. The second-order valence-corrected chi connectivity index (χ2v) is 3.37. The van der Waals surface area contributed by atoms with E-state index in [1.807, 2.05) is 0 Å². The molecule has 5 heteroatoms. The van der Waals surface area contributed by atoms with Crippen LogP contribution in [0.15, 0.2) is 0 Å². The standard InChI is InChI=1S/C8H14F3NO/c9-8(10,11)7(5-12)13-4-3-6-1-2-6/h6-7H,1-5,12H2. The molecule has 1 aliphatic rings. The number of hydrogen-bond acceptors (Lipinski definition) is 2. The number of hydrogen-bond donors (Lipinski definition) is 1. The van der Waals surface area contributed by atoms with Gasteiger partial charge in [-0.15, -0.1) is 0 Å². The highest BCUT2D eigenvalue weighted by Gasteiger charge is 2.39. The quantitative estimate of drug-likeness (QED) is 0.728. The van der Waals surface area contributed by atoms with Gasteiger partial charge >= 0.3 is 6.18 Å². The van der Waals surface area contributed by atoms with Gasteiger partial charge in [0, 0.05) is 13.2 Å². The van der Waals surface area contributed by atoms with Gasteiger partial charge in [0.25, 0.3) is 0 Å². The average Bonchev–Trinajstić information content (AvgIpc) is 2.78. The lowest BCUT2D eigenvalue weighted by atomic mass is 10.3. The molecule has 1 aliphatic carbocycles. The molecule has 0 aromatic heterocycles. The van der Waals surface area contributed by atoms with Gasteiger partial charge in [0.1, 0.15) is 0 Å². The van der Waals surface area contributed by atoms with Crippen molar-refractivity contribution in [2.45, 2.75) is 31.5 Å². The second kappa shape index (κ2) is 4.28. The summed E-state index contributed by atoms with van der Waals surface area (Å²) in [5.74, 6) is 0.589. The molecule has 0 aromatic rings. The molecule has 0 aromatic carbocycles. The molecule has 1 atom stereocenters. The van der Waals surface area contributed by atoms with Gasteiger partial charge in [0.05, 0.1) is 0 Å². The van der Waals surface area contributed by atoms with Gasteiger partial charge in [-0.1, -0.05) is 12.8 Å². The SMILES string of the molecule is NCC(OCCC1CC1)C(F)(F)F. The van der Waals surface area contributed by atoms with E-state index in [2.05, 4.69) is 4.74 Å². The Morgan fingerprint density at radius 2 is 2.00 bits per heavy atom. The van der Waals surface area contributed by atoms with E-state index in [9.17, 15) is 13.2 Å². The fraction of sp³-hybridized carbons (Fsp3) is 1.00. The van der Waals surface area contributed by atoms with Crippen molar-refractivity contribution in [3.63, 3.8) is 0 Å². The van der Waals surface area contributed by atoms with E-state index in [1.54, 1.807) is 0 Å². The monoisotopic (exact) mass is 197 g/mol. The Kier molecular flexibility index (Phi) is 3.55. The minimum atomic E-state index is -4.32. The van der Waals surface area contributed by atoms with Crippen LogP contribution in [0.3, 0.4) is 0 Å². The van der Waals surface area contributed by atoms with Crippen LogP contribution < -0.4 is 5.73 Å². The highest BCUT2D eigenvalue weighted by atomic mass is 19.4. The third-order valence-corrected chi connectivity index (χ3v) is 2.12. The van der Waals surface area contributed by atoms with Gasteiger partial charge in [-0.25, -0.2) is 0 Å². The third-order valence-electron chi connectivity index (χ3n) is 2.12. The molecule has 1 fully saturated rings. The summed E-state index contributed by atoms with van der Waals surface area (Å²) < 4.78 is 40.8. The third kappa shape index (κ3) is 3.95.